The number of nitrogens with one attached hydrogen (secondary N) is 1. The molecule has 18 heavy (non-hydrogen) atoms. The number of pyridine rings is 1. The van der Waals surface area contributed by atoms with Gasteiger partial charge >= 0.3 is 0 Å². The molecule has 1 saturated carbocycles. The number of fused-ring (bicyclic) bond motifs is 1. The van der Waals surface area contributed by atoms with Crippen molar-refractivity contribution in [3.8, 4) is 0 Å². The van der Waals surface area contributed by atoms with Crippen LogP contribution in [0.1, 0.15) is 32.3 Å². The van der Waals surface area contributed by atoms with E-state index in [4.69, 9.17) is 0 Å². The van der Waals surface area contributed by atoms with Gasteiger partial charge in [-0.2, -0.15) is 0 Å². The average molecular weight is 243 g/mol. The lowest BCUT2D eigenvalue weighted by atomic mass is 10.2. The first-order valence-corrected chi connectivity index (χ1v) is 6.90. The van der Waals surface area contributed by atoms with Gasteiger partial charge < -0.3 is 9.88 Å². The molecule has 0 unspecified atom stereocenters. The Kier molecular flexibility index (Phi) is 3.08. The average Bonchev–Trinajstić information content (AvgIpc) is 3.11. The van der Waals surface area contributed by atoms with Crippen LogP contribution in [0.15, 0.2) is 24.5 Å². The van der Waals surface area contributed by atoms with Crippen LogP contribution in [-0.2, 0) is 13.1 Å². The predicted molar refractivity (Wildman–Crippen MR) is 74.4 cm³/mol. The van der Waals surface area contributed by atoms with Crippen LogP contribution < -0.4 is 5.32 Å². The molecule has 0 saturated heterocycles. The highest BCUT2D eigenvalue weighted by Gasteiger charge is 2.21. The van der Waals surface area contributed by atoms with E-state index in [0.717, 1.165) is 24.8 Å². The van der Waals surface area contributed by atoms with E-state index in [1.807, 2.05) is 12.3 Å². The van der Waals surface area contributed by atoms with E-state index in [2.05, 4.69) is 41.0 Å². The monoisotopic (exact) mass is 243 g/mol. The fourth-order valence-electron chi connectivity index (χ4n) is 2.41. The van der Waals surface area contributed by atoms with E-state index in [-0.39, 0.29) is 0 Å². The van der Waals surface area contributed by atoms with Crippen LogP contribution in [0.5, 0.6) is 0 Å². The van der Waals surface area contributed by atoms with Gasteiger partial charge in [0.1, 0.15) is 5.65 Å². The Balaban J connectivity index is 1.91. The molecule has 2 aromatic rings. The minimum atomic E-state index is 0.645. The molecule has 0 aliphatic heterocycles. The third-order valence-corrected chi connectivity index (χ3v) is 3.44. The molecule has 0 radical (unpaired) electrons. The highest BCUT2D eigenvalue weighted by molar-refractivity contribution is 5.80. The van der Waals surface area contributed by atoms with E-state index >= 15 is 0 Å². The van der Waals surface area contributed by atoms with Gasteiger partial charge in [0.15, 0.2) is 0 Å². The minimum absolute atomic E-state index is 0.645. The van der Waals surface area contributed by atoms with Crippen molar-refractivity contribution in [2.75, 3.05) is 0 Å². The first kappa shape index (κ1) is 11.7. The Morgan fingerprint density at radius 1 is 1.44 bits per heavy atom. The zero-order valence-corrected chi connectivity index (χ0v) is 11.2. The summed E-state index contributed by atoms with van der Waals surface area (Å²) in [6.07, 6.45) is 6.83. The lowest BCUT2D eigenvalue weighted by molar-refractivity contribution is 0.531. The summed E-state index contributed by atoms with van der Waals surface area (Å²) < 4.78 is 2.30. The molecular formula is C15H21N3. The van der Waals surface area contributed by atoms with Gasteiger partial charge in [0.25, 0.3) is 0 Å². The molecule has 2 heterocycles. The van der Waals surface area contributed by atoms with Crippen molar-refractivity contribution in [1.29, 1.82) is 0 Å². The number of rotatable bonds is 5. The van der Waals surface area contributed by atoms with Crippen molar-refractivity contribution in [2.45, 2.75) is 45.8 Å². The van der Waals surface area contributed by atoms with Gasteiger partial charge in [-0.05, 0) is 36.5 Å². The van der Waals surface area contributed by atoms with Crippen molar-refractivity contribution in [3.05, 3.63) is 30.1 Å². The van der Waals surface area contributed by atoms with Gasteiger partial charge in [-0.1, -0.05) is 13.8 Å². The quantitative estimate of drug-likeness (QED) is 0.875. The third kappa shape index (κ3) is 2.41. The molecule has 0 spiro atoms. The molecule has 0 amide bonds. The van der Waals surface area contributed by atoms with Gasteiger partial charge in [-0.25, -0.2) is 4.98 Å². The topological polar surface area (TPSA) is 29.9 Å². The van der Waals surface area contributed by atoms with Crippen LogP contribution >= 0.6 is 0 Å². The maximum absolute atomic E-state index is 4.53. The Morgan fingerprint density at radius 2 is 2.28 bits per heavy atom. The lowest BCUT2D eigenvalue weighted by Gasteiger charge is -2.06. The van der Waals surface area contributed by atoms with E-state index in [1.165, 1.54) is 23.8 Å². The zero-order valence-electron chi connectivity index (χ0n) is 11.2. The van der Waals surface area contributed by atoms with Crippen molar-refractivity contribution in [2.24, 2.45) is 5.92 Å². The molecule has 1 fully saturated rings. The van der Waals surface area contributed by atoms with Crippen molar-refractivity contribution < 1.29 is 0 Å². The first-order valence-electron chi connectivity index (χ1n) is 6.90. The molecule has 2 aromatic heterocycles. The number of hydrogen-bond acceptors (Lipinski definition) is 2. The van der Waals surface area contributed by atoms with Gasteiger partial charge in [0.05, 0.1) is 0 Å². The minimum Gasteiger partial charge on any atom is -0.332 e. The van der Waals surface area contributed by atoms with Crippen molar-refractivity contribution in [3.63, 3.8) is 0 Å². The Morgan fingerprint density at radius 3 is 3.00 bits per heavy atom. The highest BCUT2D eigenvalue weighted by Crippen LogP contribution is 2.23. The molecule has 3 heteroatoms. The maximum Gasteiger partial charge on any atom is 0.140 e. The second-order valence-corrected chi connectivity index (χ2v) is 5.73. The number of nitrogens with zero attached hydrogens (tertiary/aromatic N) is 2. The molecule has 0 atom stereocenters. The smallest absolute Gasteiger partial charge is 0.140 e. The van der Waals surface area contributed by atoms with Gasteiger partial charge in [0.2, 0.25) is 0 Å². The zero-order chi connectivity index (χ0) is 12.5. The Hall–Kier alpha value is -1.35. The molecule has 0 aromatic carbocycles. The molecule has 0 bridgehead atoms. The normalized spacial score (nSPS) is 15.7. The molecule has 3 rings (SSSR count). The van der Waals surface area contributed by atoms with E-state index in [0.29, 0.717) is 5.92 Å². The highest BCUT2D eigenvalue weighted by atomic mass is 15.0. The summed E-state index contributed by atoms with van der Waals surface area (Å²) >= 11 is 0. The van der Waals surface area contributed by atoms with Gasteiger partial charge in [-0.3, -0.25) is 0 Å². The molecule has 1 aliphatic carbocycles. The van der Waals surface area contributed by atoms with Crippen LogP contribution in [0.4, 0.5) is 0 Å². The largest absolute Gasteiger partial charge is 0.332 e. The SMILES string of the molecule is CC(C)Cn1cc(CNC2CC2)c2cccnc21. The Labute approximate surface area is 108 Å². The summed E-state index contributed by atoms with van der Waals surface area (Å²) in [4.78, 5) is 4.53. The maximum atomic E-state index is 4.53. The van der Waals surface area contributed by atoms with E-state index in [1.54, 1.807) is 0 Å². The van der Waals surface area contributed by atoms with Crippen molar-refractivity contribution in [1.82, 2.24) is 14.9 Å². The molecule has 3 nitrogen and oxygen atoms in total. The fourth-order valence-corrected chi connectivity index (χ4v) is 2.41. The lowest BCUT2D eigenvalue weighted by Crippen LogP contribution is -2.15. The summed E-state index contributed by atoms with van der Waals surface area (Å²) in [5.74, 6) is 0.645. The molecule has 96 valence electrons. The first-order chi connectivity index (χ1) is 8.74. The molecular weight excluding hydrogens is 222 g/mol. The second-order valence-electron chi connectivity index (χ2n) is 5.73. The van der Waals surface area contributed by atoms with Gasteiger partial charge in [-0.15, -0.1) is 0 Å². The molecule has 1 aliphatic rings. The summed E-state index contributed by atoms with van der Waals surface area (Å²) in [6.45, 7) is 6.50. The summed E-state index contributed by atoms with van der Waals surface area (Å²) in [6, 6.07) is 4.97. The van der Waals surface area contributed by atoms with Crippen molar-refractivity contribution >= 4 is 11.0 Å². The molecule has 1 N–H and O–H groups in total. The fraction of sp³-hybridized carbons (Fsp3) is 0.533. The van der Waals surface area contributed by atoms with Crippen LogP contribution in [0.3, 0.4) is 0 Å². The number of hydrogen-bond donors (Lipinski definition) is 1. The van der Waals surface area contributed by atoms with Crippen LogP contribution in [-0.4, -0.2) is 15.6 Å². The van der Waals surface area contributed by atoms with E-state index < -0.39 is 0 Å². The summed E-state index contributed by atoms with van der Waals surface area (Å²) in [7, 11) is 0. The van der Waals surface area contributed by atoms with Crippen LogP contribution in [0.2, 0.25) is 0 Å². The standard InChI is InChI=1S/C15H21N3/c1-11(2)9-18-10-12(8-17-13-5-6-13)14-4-3-7-16-15(14)18/h3-4,7,10-11,13,17H,5-6,8-9H2,1-2H3. The van der Waals surface area contributed by atoms with Gasteiger partial charge in [0, 0.05) is 36.9 Å². The predicted octanol–water partition coefficient (Wildman–Crippen LogP) is 2.94. The second kappa shape index (κ2) is 4.73. The van der Waals surface area contributed by atoms with Crippen LogP contribution in [0, 0.1) is 5.92 Å². The van der Waals surface area contributed by atoms with E-state index in [9.17, 15) is 0 Å². The Bertz CT molecular complexity index is 538. The number of aromatic nitrogens is 2. The third-order valence-electron chi connectivity index (χ3n) is 3.44. The summed E-state index contributed by atoms with van der Waals surface area (Å²) in [5.41, 5.74) is 2.50. The summed E-state index contributed by atoms with van der Waals surface area (Å²) in [5, 5.41) is 4.89. The van der Waals surface area contributed by atoms with Crippen LogP contribution in [0.25, 0.3) is 11.0 Å².